The highest BCUT2D eigenvalue weighted by Gasteiger charge is 2.52. The fourth-order valence-electron chi connectivity index (χ4n) is 5.87. The van der Waals surface area contributed by atoms with Gasteiger partial charge in [-0.3, -0.25) is 9.69 Å². The van der Waals surface area contributed by atoms with Crippen LogP contribution >= 0.6 is 0 Å². The molecule has 2 aromatic carbocycles. The quantitative estimate of drug-likeness (QED) is 0.370. The van der Waals surface area contributed by atoms with Gasteiger partial charge in [0, 0.05) is 18.7 Å². The standard InChI is InChI=1S/C31H37FN2O6S/c1-6-39-25-14-23(15-26(17-25)41(5,37)38)20-7-8-21(27(32)16-20)11-19(18-33)12-28(35)29-22-9-10-24(13-22)34(29)30(36)40-31(2,3)4/h7-8,14-17,19,22,24,29H,6,9-13H2,1-5H3/t19-,22+,24-,29+/m1/s1. The van der Waals surface area contributed by atoms with E-state index in [1.54, 1.807) is 50.8 Å². The van der Waals surface area contributed by atoms with E-state index in [0.29, 0.717) is 23.5 Å². The van der Waals surface area contributed by atoms with Gasteiger partial charge in [-0.05, 0) is 100 Å². The molecular formula is C31H37FN2O6S. The number of rotatable bonds is 9. The van der Waals surface area contributed by atoms with E-state index < -0.39 is 39.3 Å². The molecule has 4 rings (SSSR count). The average molecular weight is 585 g/mol. The van der Waals surface area contributed by atoms with Gasteiger partial charge < -0.3 is 9.47 Å². The van der Waals surface area contributed by atoms with Gasteiger partial charge in [-0.15, -0.1) is 0 Å². The van der Waals surface area contributed by atoms with Crippen LogP contribution in [-0.2, 0) is 25.8 Å². The third-order valence-corrected chi connectivity index (χ3v) is 8.71. The molecule has 1 saturated carbocycles. The van der Waals surface area contributed by atoms with Gasteiger partial charge in [0.15, 0.2) is 15.6 Å². The number of ether oxygens (including phenoxy) is 2. The number of fused-ring (bicyclic) bond motifs is 2. The zero-order chi connectivity index (χ0) is 30.1. The number of halogens is 1. The number of sulfone groups is 1. The predicted molar refractivity (Wildman–Crippen MR) is 152 cm³/mol. The highest BCUT2D eigenvalue weighted by atomic mass is 32.2. The first-order chi connectivity index (χ1) is 19.2. The van der Waals surface area contributed by atoms with Gasteiger partial charge in [-0.1, -0.05) is 12.1 Å². The summed E-state index contributed by atoms with van der Waals surface area (Å²) in [7, 11) is -3.53. The molecule has 0 aromatic heterocycles. The van der Waals surface area contributed by atoms with Crippen LogP contribution in [0.4, 0.5) is 9.18 Å². The van der Waals surface area contributed by atoms with Crippen molar-refractivity contribution in [3.05, 3.63) is 47.8 Å². The second-order valence-corrected chi connectivity index (χ2v) is 14.0. The first-order valence-corrected chi connectivity index (χ1v) is 15.8. The molecule has 8 nitrogen and oxygen atoms in total. The van der Waals surface area contributed by atoms with Gasteiger partial charge in [-0.25, -0.2) is 17.6 Å². The first kappa shape index (κ1) is 30.5. The Morgan fingerprint density at radius 3 is 2.49 bits per heavy atom. The number of likely N-dealkylation sites (tertiary alicyclic amines) is 1. The van der Waals surface area contributed by atoms with Crippen molar-refractivity contribution in [2.75, 3.05) is 12.9 Å². The number of amides is 1. The molecule has 1 saturated heterocycles. The largest absolute Gasteiger partial charge is 0.494 e. The summed E-state index contributed by atoms with van der Waals surface area (Å²) >= 11 is 0. The Kier molecular flexibility index (Phi) is 8.78. The lowest BCUT2D eigenvalue weighted by atomic mass is 9.87. The smallest absolute Gasteiger partial charge is 0.411 e. The van der Waals surface area contributed by atoms with Crippen molar-refractivity contribution in [3.8, 4) is 22.9 Å². The number of piperidine rings is 1. The van der Waals surface area contributed by atoms with Crippen LogP contribution < -0.4 is 4.74 Å². The zero-order valence-corrected chi connectivity index (χ0v) is 25.0. The van der Waals surface area contributed by atoms with Gasteiger partial charge in [0.05, 0.1) is 29.5 Å². The molecular weight excluding hydrogens is 547 g/mol. The molecule has 2 bridgehead atoms. The van der Waals surface area contributed by atoms with Crippen molar-refractivity contribution >= 4 is 21.7 Å². The summed E-state index contributed by atoms with van der Waals surface area (Å²) in [5, 5.41) is 9.85. The van der Waals surface area contributed by atoms with Gasteiger partial charge >= 0.3 is 6.09 Å². The number of nitriles is 1. The van der Waals surface area contributed by atoms with E-state index >= 15 is 4.39 Å². The molecule has 0 N–H and O–H groups in total. The molecule has 0 spiro atoms. The number of hydrogen-bond donors (Lipinski definition) is 0. The highest BCUT2D eigenvalue weighted by molar-refractivity contribution is 7.90. The van der Waals surface area contributed by atoms with E-state index in [0.717, 1.165) is 25.5 Å². The molecule has 1 heterocycles. The van der Waals surface area contributed by atoms with E-state index in [1.165, 1.54) is 18.2 Å². The molecule has 1 amide bonds. The maximum Gasteiger partial charge on any atom is 0.411 e. The topological polar surface area (TPSA) is 114 Å². The van der Waals surface area contributed by atoms with Crippen molar-refractivity contribution in [1.82, 2.24) is 4.90 Å². The van der Waals surface area contributed by atoms with Gasteiger partial charge in [-0.2, -0.15) is 5.26 Å². The first-order valence-electron chi connectivity index (χ1n) is 13.9. The Morgan fingerprint density at radius 1 is 1.15 bits per heavy atom. The summed E-state index contributed by atoms with van der Waals surface area (Å²) in [6.45, 7) is 7.46. The Hall–Kier alpha value is -3.45. The monoisotopic (exact) mass is 584 g/mol. The summed E-state index contributed by atoms with van der Waals surface area (Å²) in [4.78, 5) is 28.0. The van der Waals surface area contributed by atoms with Crippen LogP contribution in [0.3, 0.4) is 0 Å². The molecule has 0 radical (unpaired) electrons. The Morgan fingerprint density at radius 2 is 1.88 bits per heavy atom. The van der Waals surface area contributed by atoms with Crippen molar-refractivity contribution in [3.63, 3.8) is 0 Å². The normalized spacial score (nSPS) is 20.9. The summed E-state index contributed by atoms with van der Waals surface area (Å²) in [6.07, 6.45) is 2.93. The van der Waals surface area contributed by atoms with E-state index in [9.17, 15) is 23.3 Å². The second kappa shape index (κ2) is 11.8. The molecule has 10 heteroatoms. The van der Waals surface area contributed by atoms with E-state index in [2.05, 4.69) is 6.07 Å². The molecule has 0 unspecified atom stereocenters. The van der Waals surface area contributed by atoms with Crippen LogP contribution in [0.2, 0.25) is 0 Å². The fraction of sp³-hybridized carbons (Fsp3) is 0.516. The SMILES string of the molecule is CCOc1cc(-c2ccc(C[C@@H](C#N)CC(=O)[C@@H]3[C@H]4CC[C@H](C4)N3C(=O)OC(C)(C)C)c(F)c2)cc(S(C)(=O)=O)c1. The van der Waals surface area contributed by atoms with Crippen molar-refractivity contribution < 1.29 is 31.9 Å². The molecule has 2 fully saturated rings. The maximum atomic E-state index is 15.3. The molecule has 220 valence electrons. The number of nitrogens with zero attached hydrogens (tertiary/aromatic N) is 2. The molecule has 1 aliphatic carbocycles. The minimum atomic E-state index is -3.53. The average Bonchev–Trinajstić information content (AvgIpc) is 3.50. The van der Waals surface area contributed by atoms with E-state index in [-0.39, 0.29) is 41.0 Å². The van der Waals surface area contributed by atoms with Crippen molar-refractivity contribution in [2.24, 2.45) is 11.8 Å². The number of hydrogen-bond acceptors (Lipinski definition) is 7. The fourth-order valence-corrected chi connectivity index (χ4v) is 6.54. The van der Waals surface area contributed by atoms with Gasteiger partial charge in [0.2, 0.25) is 0 Å². The lowest BCUT2D eigenvalue weighted by molar-refractivity contribution is -0.126. The third-order valence-electron chi connectivity index (χ3n) is 7.62. The van der Waals surface area contributed by atoms with Gasteiger partial charge in [0.1, 0.15) is 17.2 Å². The lowest BCUT2D eigenvalue weighted by Gasteiger charge is -2.35. The van der Waals surface area contributed by atoms with Crippen LogP contribution in [0.15, 0.2) is 41.3 Å². The highest BCUT2D eigenvalue weighted by Crippen LogP contribution is 2.44. The predicted octanol–water partition coefficient (Wildman–Crippen LogP) is 5.72. The third kappa shape index (κ3) is 7.07. The minimum absolute atomic E-state index is 0.0230. The van der Waals surface area contributed by atoms with Crippen molar-refractivity contribution in [2.45, 2.75) is 82.4 Å². The molecule has 2 aromatic rings. The zero-order valence-electron chi connectivity index (χ0n) is 24.1. The van der Waals surface area contributed by atoms with E-state index in [1.807, 2.05) is 0 Å². The lowest BCUT2D eigenvalue weighted by Crippen LogP contribution is -2.51. The van der Waals surface area contributed by atoms with E-state index in [4.69, 9.17) is 9.47 Å². The minimum Gasteiger partial charge on any atom is -0.494 e. The van der Waals surface area contributed by atoms with Crippen LogP contribution in [-0.4, -0.2) is 55.7 Å². The molecule has 41 heavy (non-hydrogen) atoms. The molecule has 4 atom stereocenters. The number of ketones is 1. The van der Waals surface area contributed by atoms with Crippen LogP contribution in [0, 0.1) is 29.0 Å². The molecule has 1 aliphatic heterocycles. The second-order valence-electron chi connectivity index (χ2n) is 12.0. The summed E-state index contributed by atoms with van der Waals surface area (Å²) in [5.74, 6) is -1.14. The van der Waals surface area contributed by atoms with Crippen molar-refractivity contribution in [1.29, 1.82) is 5.26 Å². The Balaban J connectivity index is 1.51. The van der Waals surface area contributed by atoms with Crippen LogP contribution in [0.5, 0.6) is 5.75 Å². The maximum absolute atomic E-state index is 15.3. The summed E-state index contributed by atoms with van der Waals surface area (Å²) < 4.78 is 50.7. The number of benzene rings is 2. The number of carbonyl (C=O) groups is 2. The molecule has 2 aliphatic rings. The van der Waals surface area contributed by atoms with Gasteiger partial charge in [0.25, 0.3) is 0 Å². The van der Waals surface area contributed by atoms with Crippen LogP contribution in [0.25, 0.3) is 11.1 Å². The number of carbonyl (C=O) groups excluding carboxylic acids is 2. The summed E-state index contributed by atoms with van der Waals surface area (Å²) in [6, 6.07) is 10.5. The Bertz CT molecular complexity index is 1480. The van der Waals surface area contributed by atoms with Crippen LogP contribution in [0.1, 0.15) is 58.9 Å². The summed E-state index contributed by atoms with van der Waals surface area (Å²) in [5.41, 5.74) is 0.515. The Labute approximate surface area is 241 Å². The number of Topliss-reactive ketones (excluding diaryl/α,β-unsaturated/α-hetero) is 1.